The fraction of sp³-hybridized carbons (Fsp3) is 0.438. The van der Waals surface area contributed by atoms with Gasteiger partial charge >= 0.3 is 17.5 Å². The molecule has 0 bridgehead atoms. The number of fused-ring (bicyclic) bond motifs is 5. The summed E-state index contributed by atoms with van der Waals surface area (Å²) in [5.41, 5.74) is 1.40. The van der Waals surface area contributed by atoms with Crippen molar-refractivity contribution in [3.05, 3.63) is 86.2 Å². The van der Waals surface area contributed by atoms with E-state index in [-0.39, 0.29) is 18.4 Å². The van der Waals surface area contributed by atoms with E-state index < -0.39 is 28.6 Å². The molecule has 1 fully saturated rings. The van der Waals surface area contributed by atoms with Gasteiger partial charge in [0.2, 0.25) is 0 Å². The number of hydrogen-bond donors (Lipinski definition) is 0. The van der Waals surface area contributed by atoms with Gasteiger partial charge in [-0.1, -0.05) is 12.1 Å². The molecule has 1 aromatic heterocycles. The molecule has 1 unspecified atom stereocenters. The van der Waals surface area contributed by atoms with Crippen molar-refractivity contribution in [3.8, 4) is 11.4 Å². The molecule has 0 saturated carbocycles. The number of carbonyl (C=O) groups excluding carboxylic acids is 2. The molecule has 1 amide bonds. The van der Waals surface area contributed by atoms with Gasteiger partial charge in [-0.05, 0) is 77.4 Å². The van der Waals surface area contributed by atoms with Crippen molar-refractivity contribution in [3.63, 3.8) is 0 Å². The summed E-state index contributed by atoms with van der Waals surface area (Å²) in [6.45, 7) is 13.6. The summed E-state index contributed by atoms with van der Waals surface area (Å²) in [7, 11) is 0. The monoisotopic (exact) mass is 587 g/mol. The van der Waals surface area contributed by atoms with Crippen molar-refractivity contribution in [1.29, 1.82) is 0 Å². The topological polar surface area (TPSA) is 108 Å². The predicted molar refractivity (Wildman–Crippen MR) is 162 cm³/mol. The first kappa shape index (κ1) is 28.6. The predicted octanol–water partition coefficient (Wildman–Crippen LogP) is 3.76. The van der Waals surface area contributed by atoms with Crippen LogP contribution in [0.15, 0.2) is 63.7 Å². The Kier molecular flexibility index (Phi) is 6.67. The lowest BCUT2D eigenvalue weighted by Gasteiger charge is -2.43. The molecule has 1 saturated heterocycles. The summed E-state index contributed by atoms with van der Waals surface area (Å²) in [6, 6.07) is 11.9. The van der Waals surface area contributed by atoms with Crippen LogP contribution in [-0.2, 0) is 11.3 Å². The number of nitrogens with zero attached hydrogens (tertiary/aromatic N) is 5. The third-order valence-electron chi connectivity index (χ3n) is 8.26. The zero-order valence-corrected chi connectivity index (χ0v) is 25.4. The second-order valence-electron chi connectivity index (χ2n) is 12.8. The van der Waals surface area contributed by atoms with Crippen molar-refractivity contribution in [1.82, 2.24) is 18.8 Å². The quantitative estimate of drug-likeness (QED) is 0.339. The number of ketones is 1. The van der Waals surface area contributed by atoms with Gasteiger partial charge in [0.05, 0.1) is 12.2 Å². The van der Waals surface area contributed by atoms with Crippen LogP contribution in [0.4, 0.5) is 10.5 Å². The first-order chi connectivity index (χ1) is 20.2. The number of carbonyl (C=O) groups is 2. The van der Waals surface area contributed by atoms with Crippen molar-refractivity contribution in [2.24, 2.45) is 0 Å². The molecule has 3 aliphatic rings. The summed E-state index contributed by atoms with van der Waals surface area (Å²) in [5.74, 6) is 0.552. The van der Waals surface area contributed by atoms with Gasteiger partial charge < -0.3 is 19.3 Å². The lowest BCUT2D eigenvalue weighted by atomic mass is 9.83. The second-order valence-corrected chi connectivity index (χ2v) is 12.8. The van der Waals surface area contributed by atoms with E-state index in [9.17, 15) is 19.2 Å². The van der Waals surface area contributed by atoms with Crippen molar-refractivity contribution < 1.29 is 19.1 Å². The first-order valence-corrected chi connectivity index (χ1v) is 14.6. The lowest BCUT2D eigenvalue weighted by Crippen LogP contribution is -2.50. The van der Waals surface area contributed by atoms with Gasteiger partial charge in [-0.15, -0.1) is 0 Å². The van der Waals surface area contributed by atoms with E-state index >= 15 is 0 Å². The Morgan fingerprint density at radius 2 is 1.58 bits per heavy atom. The highest BCUT2D eigenvalue weighted by Gasteiger charge is 2.44. The van der Waals surface area contributed by atoms with Gasteiger partial charge in [0.15, 0.2) is 5.78 Å². The fourth-order valence-corrected chi connectivity index (χ4v) is 6.12. The van der Waals surface area contributed by atoms with Crippen LogP contribution >= 0.6 is 0 Å². The fourth-order valence-electron chi connectivity index (χ4n) is 6.12. The SMILES string of the molecule is CC(=O)c1ccc(-n2c(=O)n3n(c2=O)C2C(=CC3)C(C)(C)Oc3cc(N4CCN(C(=O)OC(C)(C)C)CC4)ccc32)cc1. The molecular formula is C32H37N5O6. The maximum Gasteiger partial charge on any atom is 0.410 e. The molecular weight excluding hydrogens is 550 g/mol. The Bertz CT molecular complexity index is 1760. The van der Waals surface area contributed by atoms with E-state index in [1.807, 2.05) is 58.9 Å². The number of piperazine rings is 1. The number of allylic oxidation sites excluding steroid dienone is 1. The van der Waals surface area contributed by atoms with E-state index in [0.29, 0.717) is 43.2 Å². The van der Waals surface area contributed by atoms with Crippen LogP contribution < -0.4 is 21.0 Å². The van der Waals surface area contributed by atoms with Gasteiger partial charge in [-0.3, -0.25) is 4.79 Å². The van der Waals surface area contributed by atoms with Crippen LogP contribution in [0, 0.1) is 0 Å². The van der Waals surface area contributed by atoms with Gasteiger partial charge in [0.1, 0.15) is 23.0 Å². The first-order valence-electron chi connectivity index (χ1n) is 14.6. The van der Waals surface area contributed by atoms with Crippen molar-refractivity contribution >= 4 is 17.6 Å². The lowest BCUT2D eigenvalue weighted by molar-refractivity contribution is 0.0240. The molecule has 6 rings (SSSR count). The molecule has 3 aliphatic heterocycles. The number of anilines is 1. The molecule has 1 atom stereocenters. The second kappa shape index (κ2) is 10.0. The number of Topliss-reactive ketones (excluding diaryl/α,β-unsaturated/α-hetero) is 1. The highest BCUT2D eigenvalue weighted by atomic mass is 16.6. The Morgan fingerprint density at radius 1 is 0.930 bits per heavy atom. The molecule has 0 radical (unpaired) electrons. The number of amides is 1. The molecule has 2 aromatic carbocycles. The van der Waals surface area contributed by atoms with Crippen molar-refractivity contribution in [2.45, 2.75) is 65.3 Å². The molecule has 43 heavy (non-hydrogen) atoms. The summed E-state index contributed by atoms with van der Waals surface area (Å²) >= 11 is 0. The normalized spacial score (nSPS) is 19.0. The van der Waals surface area contributed by atoms with E-state index in [4.69, 9.17) is 9.47 Å². The summed E-state index contributed by atoms with van der Waals surface area (Å²) in [4.78, 5) is 55.7. The van der Waals surface area contributed by atoms with E-state index in [0.717, 1.165) is 21.4 Å². The van der Waals surface area contributed by atoms with Crippen LogP contribution in [0.2, 0.25) is 0 Å². The Hall–Kier alpha value is -4.54. The average Bonchev–Trinajstić information content (AvgIpc) is 3.21. The minimum Gasteiger partial charge on any atom is -0.483 e. The molecule has 226 valence electrons. The largest absolute Gasteiger partial charge is 0.483 e. The Labute approximate surface area is 249 Å². The van der Waals surface area contributed by atoms with Crippen LogP contribution in [0.25, 0.3) is 5.69 Å². The van der Waals surface area contributed by atoms with Crippen LogP contribution in [-0.4, -0.2) is 68.1 Å². The number of rotatable bonds is 3. The van der Waals surface area contributed by atoms with Gasteiger partial charge in [0.25, 0.3) is 0 Å². The molecule has 0 spiro atoms. The summed E-state index contributed by atoms with van der Waals surface area (Å²) < 4.78 is 16.2. The molecule has 11 heteroatoms. The minimum absolute atomic E-state index is 0.0917. The average molecular weight is 588 g/mol. The molecule has 0 aliphatic carbocycles. The van der Waals surface area contributed by atoms with E-state index in [1.165, 1.54) is 16.3 Å². The zero-order chi connectivity index (χ0) is 30.8. The smallest absolute Gasteiger partial charge is 0.410 e. The van der Waals surface area contributed by atoms with E-state index in [1.54, 1.807) is 29.2 Å². The van der Waals surface area contributed by atoms with Crippen LogP contribution in [0.1, 0.15) is 63.5 Å². The Morgan fingerprint density at radius 3 is 2.21 bits per heavy atom. The maximum atomic E-state index is 13.9. The summed E-state index contributed by atoms with van der Waals surface area (Å²) in [5, 5.41) is 0. The minimum atomic E-state index is -0.725. The Balaban J connectivity index is 1.33. The standard InChI is InChI=1S/C32H37N5O6/c1-20(38)21-7-9-22(10-8-21)36-28(39)35-14-13-25-27(37(35)29(36)40)24-12-11-23(19-26(24)42-32(25,5)6)33-15-17-34(18-16-33)30(41)43-31(2,3)4/h7-13,19,27H,14-18H2,1-6H3. The summed E-state index contributed by atoms with van der Waals surface area (Å²) in [6.07, 6.45) is 1.67. The highest BCUT2D eigenvalue weighted by molar-refractivity contribution is 5.94. The molecule has 3 aromatic rings. The third kappa shape index (κ3) is 4.96. The van der Waals surface area contributed by atoms with Crippen LogP contribution in [0.5, 0.6) is 5.75 Å². The maximum absolute atomic E-state index is 13.9. The number of aromatic nitrogens is 3. The van der Waals surface area contributed by atoms with Gasteiger partial charge in [-0.25, -0.2) is 28.3 Å². The van der Waals surface area contributed by atoms with Gasteiger partial charge in [-0.2, -0.15) is 0 Å². The van der Waals surface area contributed by atoms with Crippen LogP contribution in [0.3, 0.4) is 0 Å². The number of hydrogen-bond acceptors (Lipinski definition) is 7. The number of ether oxygens (including phenoxy) is 2. The third-order valence-corrected chi connectivity index (χ3v) is 8.26. The van der Waals surface area contributed by atoms with Gasteiger partial charge in [0, 0.05) is 49.1 Å². The van der Waals surface area contributed by atoms with E-state index in [2.05, 4.69) is 4.90 Å². The highest BCUT2D eigenvalue weighted by Crippen LogP contribution is 2.47. The molecule has 11 nitrogen and oxygen atoms in total. The zero-order valence-electron chi connectivity index (χ0n) is 25.4. The van der Waals surface area contributed by atoms with Crippen molar-refractivity contribution in [2.75, 3.05) is 31.1 Å². The molecule has 0 N–H and O–H groups in total. The molecule has 4 heterocycles. The number of benzene rings is 2.